The summed E-state index contributed by atoms with van der Waals surface area (Å²) < 4.78 is 11.3. The largest absolute Gasteiger partial charge is 0.492 e. The number of hydrogen-bond acceptors (Lipinski definition) is 4. The molecule has 24 heavy (non-hydrogen) atoms. The number of aliphatic carboxylic acids is 1. The minimum atomic E-state index is -0.838. The van der Waals surface area contributed by atoms with Gasteiger partial charge in [0.05, 0.1) is 0 Å². The SMILES string of the molecule is CC(C(=O)O)N(C)CCOc1ccc(Oc2ccccc2)cc1.Cl. The van der Waals surface area contributed by atoms with Crippen molar-refractivity contribution >= 4 is 18.4 Å². The van der Waals surface area contributed by atoms with Crippen molar-refractivity contribution in [1.29, 1.82) is 0 Å². The third-order valence-corrected chi connectivity index (χ3v) is 3.53. The highest BCUT2D eigenvalue weighted by Crippen LogP contribution is 2.23. The maximum Gasteiger partial charge on any atom is 0.320 e. The van der Waals surface area contributed by atoms with Crippen LogP contribution < -0.4 is 9.47 Å². The van der Waals surface area contributed by atoms with E-state index in [1.165, 1.54) is 0 Å². The van der Waals surface area contributed by atoms with Crippen LogP contribution in [0.1, 0.15) is 6.92 Å². The van der Waals surface area contributed by atoms with E-state index in [1.54, 1.807) is 18.9 Å². The summed E-state index contributed by atoms with van der Waals surface area (Å²) in [6.07, 6.45) is 0. The number of carboxylic acids is 1. The fraction of sp³-hybridized carbons (Fsp3) is 0.278. The van der Waals surface area contributed by atoms with E-state index >= 15 is 0 Å². The number of carboxylic acid groups (broad SMARTS) is 1. The molecule has 0 aromatic heterocycles. The van der Waals surface area contributed by atoms with Crippen LogP contribution in [0.15, 0.2) is 54.6 Å². The average Bonchev–Trinajstić information content (AvgIpc) is 2.56. The first-order valence-corrected chi connectivity index (χ1v) is 7.45. The predicted molar refractivity (Wildman–Crippen MR) is 95.4 cm³/mol. The molecule has 5 nitrogen and oxygen atoms in total. The Hall–Kier alpha value is -2.24. The second-order valence-electron chi connectivity index (χ2n) is 5.23. The summed E-state index contributed by atoms with van der Waals surface area (Å²) in [5, 5.41) is 8.92. The molecule has 0 saturated heterocycles. The lowest BCUT2D eigenvalue weighted by molar-refractivity contribution is -0.142. The summed E-state index contributed by atoms with van der Waals surface area (Å²) in [6.45, 7) is 2.61. The zero-order valence-corrected chi connectivity index (χ0v) is 14.5. The summed E-state index contributed by atoms with van der Waals surface area (Å²) in [6, 6.07) is 16.4. The van der Waals surface area contributed by atoms with Crippen LogP contribution in [0.5, 0.6) is 17.2 Å². The number of benzene rings is 2. The van der Waals surface area contributed by atoms with Crippen LogP contribution in [0.25, 0.3) is 0 Å². The fourth-order valence-corrected chi connectivity index (χ4v) is 1.92. The van der Waals surface area contributed by atoms with Crippen molar-refractivity contribution in [1.82, 2.24) is 4.90 Å². The molecule has 0 aliphatic heterocycles. The molecule has 0 amide bonds. The molecular formula is C18H22ClNO4. The number of likely N-dealkylation sites (N-methyl/N-ethyl adjacent to an activating group) is 1. The van der Waals surface area contributed by atoms with Crippen molar-refractivity contribution in [2.45, 2.75) is 13.0 Å². The van der Waals surface area contributed by atoms with Crippen molar-refractivity contribution in [3.8, 4) is 17.2 Å². The van der Waals surface area contributed by atoms with E-state index in [4.69, 9.17) is 14.6 Å². The molecule has 0 aliphatic rings. The molecule has 0 radical (unpaired) electrons. The van der Waals surface area contributed by atoms with Gasteiger partial charge in [-0.25, -0.2) is 0 Å². The van der Waals surface area contributed by atoms with E-state index in [0.717, 1.165) is 17.2 Å². The number of rotatable bonds is 8. The monoisotopic (exact) mass is 351 g/mol. The lowest BCUT2D eigenvalue weighted by Gasteiger charge is -2.20. The van der Waals surface area contributed by atoms with E-state index < -0.39 is 12.0 Å². The van der Waals surface area contributed by atoms with Crippen LogP contribution in [0.4, 0.5) is 0 Å². The van der Waals surface area contributed by atoms with E-state index in [9.17, 15) is 4.79 Å². The zero-order valence-electron chi connectivity index (χ0n) is 13.7. The summed E-state index contributed by atoms with van der Waals surface area (Å²) in [4.78, 5) is 12.6. The average molecular weight is 352 g/mol. The molecule has 6 heteroatoms. The van der Waals surface area contributed by atoms with E-state index in [0.29, 0.717) is 13.2 Å². The maximum absolute atomic E-state index is 10.9. The molecule has 0 saturated carbocycles. The Morgan fingerprint density at radius 3 is 2.17 bits per heavy atom. The lowest BCUT2D eigenvalue weighted by atomic mass is 10.3. The van der Waals surface area contributed by atoms with Crippen LogP contribution >= 0.6 is 12.4 Å². The molecule has 0 bridgehead atoms. The Labute approximate surface area is 148 Å². The van der Waals surface area contributed by atoms with Gasteiger partial charge in [0.2, 0.25) is 0 Å². The highest BCUT2D eigenvalue weighted by atomic mass is 35.5. The van der Waals surface area contributed by atoms with Crippen molar-refractivity contribution in [3.05, 3.63) is 54.6 Å². The Balaban J connectivity index is 0.00000288. The lowest BCUT2D eigenvalue weighted by Crippen LogP contribution is -2.38. The van der Waals surface area contributed by atoms with Crippen LogP contribution in [0.2, 0.25) is 0 Å². The van der Waals surface area contributed by atoms with Crippen molar-refractivity contribution < 1.29 is 19.4 Å². The van der Waals surface area contributed by atoms with Crippen molar-refractivity contribution in [2.75, 3.05) is 20.2 Å². The first-order valence-electron chi connectivity index (χ1n) is 7.45. The summed E-state index contributed by atoms with van der Waals surface area (Å²) >= 11 is 0. The summed E-state index contributed by atoms with van der Waals surface area (Å²) in [5.74, 6) is 1.40. The van der Waals surface area contributed by atoms with Gasteiger partial charge in [0.25, 0.3) is 0 Å². The summed E-state index contributed by atoms with van der Waals surface area (Å²) in [7, 11) is 1.76. The number of para-hydroxylation sites is 1. The normalized spacial score (nSPS) is 11.5. The quantitative estimate of drug-likeness (QED) is 0.786. The van der Waals surface area contributed by atoms with E-state index in [-0.39, 0.29) is 12.4 Å². The first-order chi connectivity index (χ1) is 11.1. The Bertz CT molecular complexity index is 619. The van der Waals surface area contributed by atoms with E-state index in [1.807, 2.05) is 54.6 Å². The molecule has 2 aromatic carbocycles. The highest BCUT2D eigenvalue weighted by molar-refractivity contribution is 5.85. The molecule has 0 spiro atoms. The van der Waals surface area contributed by atoms with Crippen molar-refractivity contribution in [3.63, 3.8) is 0 Å². The molecular weight excluding hydrogens is 330 g/mol. The molecule has 0 heterocycles. The second-order valence-corrected chi connectivity index (χ2v) is 5.23. The topological polar surface area (TPSA) is 59.0 Å². The fourth-order valence-electron chi connectivity index (χ4n) is 1.92. The molecule has 1 N–H and O–H groups in total. The molecule has 1 unspecified atom stereocenters. The van der Waals surface area contributed by atoms with Gasteiger partial charge in [-0.1, -0.05) is 18.2 Å². The minimum Gasteiger partial charge on any atom is -0.492 e. The van der Waals surface area contributed by atoms with Crippen LogP contribution in [0, 0.1) is 0 Å². The van der Waals surface area contributed by atoms with Crippen LogP contribution in [0.3, 0.4) is 0 Å². The van der Waals surface area contributed by atoms with Gasteiger partial charge in [0.1, 0.15) is 29.9 Å². The first kappa shape index (κ1) is 19.8. The number of hydrogen-bond donors (Lipinski definition) is 1. The summed E-state index contributed by atoms with van der Waals surface area (Å²) in [5.41, 5.74) is 0. The highest BCUT2D eigenvalue weighted by Gasteiger charge is 2.16. The Morgan fingerprint density at radius 2 is 1.58 bits per heavy atom. The minimum absolute atomic E-state index is 0. The molecule has 2 rings (SSSR count). The zero-order chi connectivity index (χ0) is 16.7. The van der Waals surface area contributed by atoms with Gasteiger partial charge in [0.15, 0.2) is 0 Å². The molecule has 0 aliphatic carbocycles. The van der Waals surface area contributed by atoms with Crippen molar-refractivity contribution in [2.24, 2.45) is 0 Å². The molecule has 130 valence electrons. The third-order valence-electron chi connectivity index (χ3n) is 3.53. The molecule has 1 atom stereocenters. The van der Waals surface area contributed by atoms with E-state index in [2.05, 4.69) is 0 Å². The van der Waals surface area contributed by atoms with Crippen LogP contribution in [-0.4, -0.2) is 42.2 Å². The van der Waals surface area contributed by atoms with Gasteiger partial charge in [-0.05, 0) is 50.4 Å². The van der Waals surface area contributed by atoms with Gasteiger partial charge >= 0.3 is 5.97 Å². The standard InChI is InChI=1S/C18H21NO4.ClH/c1-14(18(20)21)19(2)12-13-22-15-8-10-17(11-9-15)23-16-6-4-3-5-7-16;/h3-11,14H,12-13H2,1-2H3,(H,20,21);1H. The number of halogens is 1. The number of carbonyl (C=O) groups is 1. The third kappa shape index (κ3) is 6.10. The smallest absolute Gasteiger partial charge is 0.320 e. The van der Waals surface area contributed by atoms with Gasteiger partial charge in [0, 0.05) is 6.54 Å². The Morgan fingerprint density at radius 1 is 1.04 bits per heavy atom. The second kappa shape index (κ2) is 9.80. The number of nitrogens with zero attached hydrogens (tertiary/aromatic N) is 1. The van der Waals surface area contributed by atoms with Gasteiger partial charge < -0.3 is 14.6 Å². The van der Waals surface area contributed by atoms with Gasteiger partial charge in [-0.3, -0.25) is 9.69 Å². The number of ether oxygens (including phenoxy) is 2. The molecule has 0 fully saturated rings. The Kier molecular flexibility index (Phi) is 8.09. The predicted octanol–water partition coefficient (Wildman–Crippen LogP) is 3.68. The van der Waals surface area contributed by atoms with Gasteiger partial charge in [-0.15, -0.1) is 12.4 Å². The molecule has 2 aromatic rings. The maximum atomic E-state index is 10.9. The van der Waals surface area contributed by atoms with Gasteiger partial charge in [-0.2, -0.15) is 0 Å². The van der Waals surface area contributed by atoms with Crippen LogP contribution in [-0.2, 0) is 4.79 Å².